The lowest BCUT2D eigenvalue weighted by Crippen LogP contribution is -2.55. The van der Waals surface area contributed by atoms with Crippen LogP contribution in [0.2, 0.25) is 0 Å². The van der Waals surface area contributed by atoms with Crippen LogP contribution in [0.4, 0.5) is 13.2 Å². The maximum absolute atomic E-state index is 14.3. The number of esters is 1. The van der Waals surface area contributed by atoms with Gasteiger partial charge in [0.25, 0.3) is 5.60 Å². The molecule has 0 fully saturated rings. The van der Waals surface area contributed by atoms with Crippen LogP contribution < -0.4 is 10.4 Å². The van der Waals surface area contributed by atoms with Crippen LogP contribution in [0.1, 0.15) is 31.1 Å². The number of hydrogen-bond acceptors (Lipinski definition) is 7. The summed E-state index contributed by atoms with van der Waals surface area (Å²) in [6, 6.07) is 11.7. The fourth-order valence-electron chi connectivity index (χ4n) is 4.05. The number of ether oxygens (including phenoxy) is 3. The largest absolute Gasteiger partial charge is 0.484 e. The summed E-state index contributed by atoms with van der Waals surface area (Å²) in [7, 11) is 0.759. The van der Waals surface area contributed by atoms with Gasteiger partial charge in [0.2, 0.25) is 0 Å². The summed E-state index contributed by atoms with van der Waals surface area (Å²) < 4.78 is 64.1. The van der Waals surface area contributed by atoms with Gasteiger partial charge in [-0.15, -0.1) is 0 Å². The van der Waals surface area contributed by atoms with Crippen LogP contribution in [0.5, 0.6) is 5.75 Å². The molecule has 0 unspecified atom stereocenters. The van der Waals surface area contributed by atoms with Crippen LogP contribution in [0, 0.1) is 0 Å². The molecule has 3 aromatic rings. The minimum absolute atomic E-state index is 0.113. The number of aliphatic hydroxyl groups excluding tert-OH is 1. The van der Waals surface area contributed by atoms with Crippen molar-refractivity contribution in [2.75, 3.05) is 7.11 Å². The van der Waals surface area contributed by atoms with E-state index in [4.69, 9.17) is 18.6 Å². The van der Waals surface area contributed by atoms with Crippen molar-refractivity contribution < 1.29 is 41.7 Å². The van der Waals surface area contributed by atoms with Crippen molar-refractivity contribution in [3.63, 3.8) is 0 Å². The molecule has 0 saturated heterocycles. The fraction of sp³-hybridized carbons (Fsp3) is 0.333. The summed E-state index contributed by atoms with van der Waals surface area (Å²) in [5.74, 6) is -1.63. The minimum atomic E-state index is -5.18. The zero-order valence-electron chi connectivity index (χ0n) is 18.4. The van der Waals surface area contributed by atoms with Crippen molar-refractivity contribution in [2.45, 2.75) is 43.4 Å². The Morgan fingerprint density at radius 2 is 1.74 bits per heavy atom. The quantitative estimate of drug-likeness (QED) is 0.447. The maximum atomic E-state index is 14.3. The van der Waals surface area contributed by atoms with Crippen molar-refractivity contribution in [1.29, 1.82) is 0 Å². The van der Waals surface area contributed by atoms with E-state index in [9.17, 15) is 27.9 Å². The molecule has 10 heteroatoms. The van der Waals surface area contributed by atoms with E-state index < -0.39 is 46.7 Å². The average molecular weight is 478 g/mol. The zero-order chi connectivity index (χ0) is 24.9. The number of rotatable bonds is 4. The first kappa shape index (κ1) is 23.8. The topological polar surface area (TPSA) is 95.2 Å². The van der Waals surface area contributed by atoms with Gasteiger partial charge in [-0.3, -0.25) is 0 Å². The average Bonchev–Trinajstić information content (AvgIpc) is 2.77. The van der Waals surface area contributed by atoms with Gasteiger partial charge in [0.05, 0.1) is 5.39 Å². The summed E-state index contributed by atoms with van der Waals surface area (Å²) in [6.07, 6.45) is -8.25. The summed E-state index contributed by atoms with van der Waals surface area (Å²) in [4.78, 5) is 24.8. The molecule has 7 nitrogen and oxygen atoms in total. The molecule has 0 radical (unpaired) electrons. The Kier molecular flexibility index (Phi) is 5.69. The number of halogens is 3. The molecule has 1 N–H and O–H groups in total. The molecule has 3 atom stereocenters. The molecule has 2 heterocycles. The molecule has 0 amide bonds. The Bertz CT molecular complexity index is 1280. The van der Waals surface area contributed by atoms with Gasteiger partial charge in [-0.2, -0.15) is 13.2 Å². The van der Waals surface area contributed by atoms with Crippen molar-refractivity contribution >= 4 is 16.9 Å². The molecule has 1 aromatic heterocycles. The van der Waals surface area contributed by atoms with Gasteiger partial charge in [0, 0.05) is 24.3 Å². The van der Waals surface area contributed by atoms with E-state index >= 15 is 0 Å². The number of hydrogen-bond donors (Lipinski definition) is 1. The van der Waals surface area contributed by atoms with Crippen molar-refractivity contribution in [1.82, 2.24) is 0 Å². The molecule has 0 spiro atoms. The van der Waals surface area contributed by atoms with E-state index in [1.807, 2.05) is 0 Å². The molecule has 0 aliphatic carbocycles. The van der Waals surface area contributed by atoms with Crippen molar-refractivity contribution in [2.24, 2.45) is 0 Å². The SMILES string of the molecule is CO[C@@](C(=O)O[C@H]1c2ccc3oc(=O)ccc3c2OC(C)(C)[C@H]1O)(c1ccccc1)C(F)(F)F. The van der Waals surface area contributed by atoms with E-state index in [1.54, 1.807) is 0 Å². The van der Waals surface area contributed by atoms with E-state index in [0.29, 0.717) is 5.39 Å². The molecular formula is C24H21F3O7. The third-order valence-corrected chi connectivity index (χ3v) is 5.86. The first-order valence-corrected chi connectivity index (χ1v) is 10.2. The molecule has 2 aromatic carbocycles. The molecule has 34 heavy (non-hydrogen) atoms. The Morgan fingerprint density at radius 3 is 2.35 bits per heavy atom. The van der Waals surface area contributed by atoms with Crippen LogP contribution in [-0.2, 0) is 19.9 Å². The second-order valence-electron chi connectivity index (χ2n) is 8.38. The second-order valence-corrected chi connectivity index (χ2v) is 8.38. The number of aliphatic hydroxyl groups is 1. The van der Waals surface area contributed by atoms with Crippen LogP contribution >= 0.6 is 0 Å². The lowest BCUT2D eigenvalue weighted by molar-refractivity contribution is -0.281. The maximum Gasteiger partial charge on any atom is 0.432 e. The van der Waals surface area contributed by atoms with Gasteiger partial charge in [0.1, 0.15) is 23.0 Å². The summed E-state index contributed by atoms with van der Waals surface area (Å²) >= 11 is 0. The lowest BCUT2D eigenvalue weighted by Gasteiger charge is -2.43. The van der Waals surface area contributed by atoms with Crippen LogP contribution in [0.3, 0.4) is 0 Å². The zero-order valence-corrected chi connectivity index (χ0v) is 18.4. The Labute approximate surface area is 191 Å². The van der Waals surface area contributed by atoms with Gasteiger partial charge in [-0.1, -0.05) is 30.3 Å². The fourth-order valence-corrected chi connectivity index (χ4v) is 4.05. The smallest absolute Gasteiger partial charge is 0.432 e. The highest BCUT2D eigenvalue weighted by Gasteiger charge is 2.65. The van der Waals surface area contributed by atoms with Gasteiger partial charge in [-0.05, 0) is 32.0 Å². The van der Waals surface area contributed by atoms with Gasteiger partial charge in [0.15, 0.2) is 6.10 Å². The predicted octanol–water partition coefficient (Wildman–Crippen LogP) is 4.01. The number of benzene rings is 2. The van der Waals surface area contributed by atoms with Crippen LogP contribution in [0.15, 0.2) is 63.8 Å². The van der Waals surface area contributed by atoms with Crippen molar-refractivity contribution in [3.05, 3.63) is 76.1 Å². The van der Waals surface area contributed by atoms with E-state index in [0.717, 1.165) is 25.3 Å². The van der Waals surface area contributed by atoms with Gasteiger partial charge < -0.3 is 23.7 Å². The normalized spacial score (nSPS) is 21.3. The standard InChI is InChI=1S/C24H21F3O7/c1-22(2)20(29)19(15-9-11-16-14(18(15)34-22)10-12-17(28)32-16)33-21(30)23(31-3,24(25,26)27)13-7-5-4-6-8-13/h4-12,19-20,29H,1-3H3/t19-,20-,23+/m0/s1. The van der Waals surface area contributed by atoms with Crippen molar-refractivity contribution in [3.8, 4) is 5.75 Å². The Morgan fingerprint density at radius 1 is 1.06 bits per heavy atom. The summed E-state index contributed by atoms with van der Waals surface area (Å²) in [6.45, 7) is 2.98. The molecule has 4 rings (SSSR count). The number of methoxy groups -OCH3 is 1. The minimum Gasteiger partial charge on any atom is -0.484 e. The Balaban J connectivity index is 1.85. The highest BCUT2D eigenvalue weighted by atomic mass is 19.4. The lowest BCUT2D eigenvalue weighted by atomic mass is 9.87. The van der Waals surface area contributed by atoms with E-state index in [-0.39, 0.29) is 16.9 Å². The molecule has 0 bridgehead atoms. The van der Waals surface area contributed by atoms with Crippen LogP contribution in [0.25, 0.3) is 11.0 Å². The number of fused-ring (bicyclic) bond motifs is 3. The predicted molar refractivity (Wildman–Crippen MR) is 113 cm³/mol. The number of carbonyl (C=O) groups is 1. The number of carbonyl (C=O) groups excluding carboxylic acids is 1. The number of alkyl halides is 3. The first-order chi connectivity index (χ1) is 15.9. The van der Waals surface area contributed by atoms with Crippen LogP contribution in [-0.4, -0.2) is 36.1 Å². The highest BCUT2D eigenvalue weighted by molar-refractivity contribution is 5.86. The summed E-state index contributed by atoms with van der Waals surface area (Å²) in [5, 5.41) is 11.3. The van der Waals surface area contributed by atoms with Gasteiger partial charge in [-0.25, -0.2) is 9.59 Å². The molecule has 0 saturated carbocycles. The third-order valence-electron chi connectivity index (χ3n) is 5.86. The molecular weight excluding hydrogens is 457 g/mol. The molecule has 1 aliphatic rings. The van der Waals surface area contributed by atoms with E-state index in [2.05, 4.69) is 0 Å². The summed E-state index contributed by atoms with van der Waals surface area (Å²) in [5.41, 5.74) is -5.61. The molecule has 1 aliphatic heterocycles. The second kappa shape index (κ2) is 8.14. The Hall–Kier alpha value is -3.37. The monoisotopic (exact) mass is 478 g/mol. The molecule has 180 valence electrons. The third kappa shape index (κ3) is 3.63. The van der Waals surface area contributed by atoms with E-state index in [1.165, 1.54) is 50.2 Å². The first-order valence-electron chi connectivity index (χ1n) is 10.2. The van der Waals surface area contributed by atoms with Gasteiger partial charge >= 0.3 is 17.8 Å². The highest BCUT2D eigenvalue weighted by Crippen LogP contribution is 2.48.